The Kier molecular flexibility index (Phi) is 3.07. The lowest BCUT2D eigenvalue weighted by atomic mass is 10.0. The van der Waals surface area contributed by atoms with E-state index in [0.717, 1.165) is 26.1 Å². The highest BCUT2D eigenvalue weighted by Gasteiger charge is 2.43. The van der Waals surface area contributed by atoms with Gasteiger partial charge in [0.2, 0.25) is 5.91 Å². The van der Waals surface area contributed by atoms with Crippen molar-refractivity contribution in [3.05, 3.63) is 18.7 Å². The number of rotatable bonds is 3. The molecule has 3 atom stereocenters. The first-order valence-electron chi connectivity index (χ1n) is 6.73. The number of aromatic nitrogens is 2. The van der Waals surface area contributed by atoms with Crippen molar-refractivity contribution < 1.29 is 4.79 Å². The monoisotopic (exact) mass is 248 g/mol. The van der Waals surface area contributed by atoms with Gasteiger partial charge in [-0.05, 0) is 19.3 Å². The normalized spacial score (nSPS) is 30.7. The Labute approximate surface area is 107 Å². The predicted octanol–water partition coefficient (Wildman–Crippen LogP) is 0.482. The Bertz CT molecular complexity index is 417. The van der Waals surface area contributed by atoms with Crippen molar-refractivity contribution in [2.75, 3.05) is 13.1 Å². The van der Waals surface area contributed by atoms with E-state index < -0.39 is 0 Å². The maximum absolute atomic E-state index is 12.4. The quantitative estimate of drug-likeness (QED) is 0.846. The molecular weight excluding hydrogens is 228 g/mol. The Morgan fingerprint density at radius 3 is 3.17 bits per heavy atom. The van der Waals surface area contributed by atoms with Gasteiger partial charge >= 0.3 is 0 Å². The summed E-state index contributed by atoms with van der Waals surface area (Å²) in [5.74, 6) is 0.949. The van der Waals surface area contributed by atoms with Gasteiger partial charge in [0.15, 0.2) is 0 Å². The number of carbonyl (C=O) groups excluding carboxylic acids is 1. The van der Waals surface area contributed by atoms with Crippen LogP contribution >= 0.6 is 0 Å². The molecule has 5 heteroatoms. The molecule has 0 bridgehead atoms. The largest absolute Gasteiger partial charge is 0.337 e. The number of amides is 1. The minimum atomic E-state index is 0.285. The second-order valence-electron chi connectivity index (χ2n) is 5.42. The molecule has 3 heterocycles. The number of hydrogen-bond acceptors (Lipinski definition) is 3. The van der Waals surface area contributed by atoms with Crippen LogP contribution in [0.2, 0.25) is 0 Å². The summed E-state index contributed by atoms with van der Waals surface area (Å²) in [4.78, 5) is 18.5. The van der Waals surface area contributed by atoms with E-state index in [-0.39, 0.29) is 5.91 Å². The third-order valence-corrected chi connectivity index (χ3v) is 4.21. The molecule has 0 aliphatic carbocycles. The third-order valence-electron chi connectivity index (χ3n) is 4.21. The van der Waals surface area contributed by atoms with Gasteiger partial charge in [-0.15, -0.1) is 0 Å². The van der Waals surface area contributed by atoms with Crippen LogP contribution in [0.3, 0.4) is 0 Å². The fourth-order valence-electron chi connectivity index (χ4n) is 3.37. The van der Waals surface area contributed by atoms with Gasteiger partial charge in [0, 0.05) is 50.5 Å². The van der Waals surface area contributed by atoms with Crippen molar-refractivity contribution in [3.63, 3.8) is 0 Å². The fraction of sp³-hybridized carbons (Fsp3) is 0.692. The maximum Gasteiger partial charge on any atom is 0.224 e. The summed E-state index contributed by atoms with van der Waals surface area (Å²) in [5.41, 5.74) is 0. The van der Waals surface area contributed by atoms with Crippen LogP contribution < -0.4 is 5.32 Å². The van der Waals surface area contributed by atoms with Crippen LogP contribution in [-0.4, -0.2) is 45.5 Å². The van der Waals surface area contributed by atoms with Crippen molar-refractivity contribution >= 4 is 5.91 Å². The van der Waals surface area contributed by atoms with Gasteiger partial charge < -0.3 is 14.8 Å². The van der Waals surface area contributed by atoms with E-state index in [1.807, 2.05) is 10.8 Å². The Morgan fingerprint density at radius 1 is 1.50 bits per heavy atom. The first kappa shape index (κ1) is 11.7. The molecule has 98 valence electrons. The molecule has 3 rings (SSSR count). The van der Waals surface area contributed by atoms with Gasteiger partial charge in [0.05, 0.1) is 6.33 Å². The summed E-state index contributed by atoms with van der Waals surface area (Å²) in [7, 11) is 0. The number of carbonyl (C=O) groups is 1. The molecule has 3 unspecified atom stereocenters. The maximum atomic E-state index is 12.4. The molecule has 0 radical (unpaired) electrons. The van der Waals surface area contributed by atoms with Gasteiger partial charge in [0.25, 0.3) is 0 Å². The van der Waals surface area contributed by atoms with E-state index >= 15 is 0 Å². The average molecular weight is 248 g/mol. The number of nitrogens with zero attached hydrogens (tertiary/aromatic N) is 3. The van der Waals surface area contributed by atoms with E-state index in [1.165, 1.54) is 0 Å². The smallest absolute Gasteiger partial charge is 0.224 e. The highest BCUT2D eigenvalue weighted by atomic mass is 16.2. The van der Waals surface area contributed by atoms with E-state index in [1.54, 1.807) is 12.5 Å². The van der Waals surface area contributed by atoms with Gasteiger partial charge in [-0.3, -0.25) is 4.79 Å². The number of hydrogen-bond donors (Lipinski definition) is 1. The average Bonchev–Trinajstić information content (AvgIpc) is 3.01. The Morgan fingerprint density at radius 2 is 2.39 bits per heavy atom. The number of fused-ring (bicyclic) bond motifs is 1. The van der Waals surface area contributed by atoms with Gasteiger partial charge in [0.1, 0.15) is 0 Å². The van der Waals surface area contributed by atoms with Crippen LogP contribution in [0.4, 0.5) is 0 Å². The molecule has 2 saturated heterocycles. The van der Waals surface area contributed by atoms with E-state index in [2.05, 4.69) is 22.1 Å². The molecule has 1 aromatic rings. The van der Waals surface area contributed by atoms with Crippen molar-refractivity contribution in [3.8, 4) is 0 Å². The van der Waals surface area contributed by atoms with Crippen molar-refractivity contribution in [2.45, 2.75) is 38.4 Å². The van der Waals surface area contributed by atoms with Gasteiger partial charge in [-0.25, -0.2) is 4.98 Å². The van der Waals surface area contributed by atoms with Crippen LogP contribution in [-0.2, 0) is 11.3 Å². The molecule has 2 aliphatic rings. The number of nitrogens with one attached hydrogen (secondary N) is 1. The summed E-state index contributed by atoms with van der Waals surface area (Å²) < 4.78 is 1.96. The number of aryl methyl sites for hydroxylation is 1. The first-order chi connectivity index (χ1) is 8.75. The SMILES string of the molecule is CC1CC2CNCC2N1C(=O)CCn1ccnc1. The lowest BCUT2D eigenvalue weighted by molar-refractivity contribution is -0.133. The van der Waals surface area contributed by atoms with Crippen LogP contribution in [0.25, 0.3) is 0 Å². The molecule has 0 aromatic carbocycles. The second-order valence-corrected chi connectivity index (χ2v) is 5.42. The lowest BCUT2D eigenvalue weighted by Gasteiger charge is -2.27. The highest BCUT2D eigenvalue weighted by molar-refractivity contribution is 5.77. The lowest BCUT2D eigenvalue weighted by Crippen LogP contribution is -2.43. The molecule has 0 saturated carbocycles. The molecule has 0 spiro atoms. The molecule has 1 N–H and O–H groups in total. The summed E-state index contributed by atoms with van der Waals surface area (Å²) in [6.07, 6.45) is 7.14. The van der Waals surface area contributed by atoms with Crippen molar-refractivity contribution in [1.82, 2.24) is 19.8 Å². The molecular formula is C13H20N4O. The zero-order chi connectivity index (χ0) is 12.5. The predicted molar refractivity (Wildman–Crippen MR) is 67.9 cm³/mol. The number of likely N-dealkylation sites (tertiary alicyclic amines) is 1. The minimum Gasteiger partial charge on any atom is -0.337 e. The van der Waals surface area contributed by atoms with Crippen molar-refractivity contribution in [2.24, 2.45) is 5.92 Å². The topological polar surface area (TPSA) is 50.2 Å². The zero-order valence-electron chi connectivity index (χ0n) is 10.7. The molecule has 5 nitrogen and oxygen atoms in total. The number of imidazole rings is 1. The van der Waals surface area contributed by atoms with E-state index in [9.17, 15) is 4.79 Å². The molecule has 18 heavy (non-hydrogen) atoms. The first-order valence-corrected chi connectivity index (χ1v) is 6.73. The minimum absolute atomic E-state index is 0.285. The summed E-state index contributed by atoms with van der Waals surface area (Å²) in [5, 5.41) is 3.39. The fourth-order valence-corrected chi connectivity index (χ4v) is 3.37. The molecule has 2 fully saturated rings. The van der Waals surface area contributed by atoms with Gasteiger partial charge in [-0.2, -0.15) is 0 Å². The van der Waals surface area contributed by atoms with Crippen LogP contribution in [0.15, 0.2) is 18.7 Å². The van der Waals surface area contributed by atoms with E-state index in [4.69, 9.17) is 0 Å². The second kappa shape index (κ2) is 4.72. The Hall–Kier alpha value is -1.36. The molecule has 1 amide bonds. The zero-order valence-corrected chi connectivity index (χ0v) is 10.7. The summed E-state index contributed by atoms with van der Waals surface area (Å²) in [6, 6.07) is 0.827. The van der Waals surface area contributed by atoms with E-state index in [0.29, 0.717) is 24.4 Å². The van der Waals surface area contributed by atoms with Gasteiger partial charge in [-0.1, -0.05) is 0 Å². The highest BCUT2D eigenvalue weighted by Crippen LogP contribution is 2.32. The van der Waals surface area contributed by atoms with Crippen molar-refractivity contribution in [1.29, 1.82) is 0 Å². The summed E-state index contributed by atoms with van der Waals surface area (Å²) in [6.45, 7) is 4.94. The van der Waals surface area contributed by atoms with Crippen LogP contribution in [0, 0.1) is 5.92 Å². The molecule has 2 aliphatic heterocycles. The third kappa shape index (κ3) is 2.03. The Balaban J connectivity index is 1.61. The molecule has 1 aromatic heterocycles. The standard InChI is InChI=1S/C13H20N4O/c1-10-6-11-7-15-8-12(11)17(10)13(18)2-4-16-5-3-14-9-16/h3,5,9-12,15H,2,4,6-8H2,1H3. The van der Waals surface area contributed by atoms with Crippen LogP contribution in [0.1, 0.15) is 19.8 Å². The summed E-state index contributed by atoms with van der Waals surface area (Å²) >= 11 is 0. The van der Waals surface area contributed by atoms with Crippen LogP contribution in [0.5, 0.6) is 0 Å².